The molecule has 0 aromatic carbocycles. The zero-order chi connectivity index (χ0) is 13.6. The van der Waals surface area contributed by atoms with Gasteiger partial charge in [-0.15, -0.1) is 0 Å². The van der Waals surface area contributed by atoms with Crippen LogP contribution < -0.4 is 5.32 Å². The number of fused-ring (bicyclic) bond motifs is 1. The van der Waals surface area contributed by atoms with E-state index in [0.29, 0.717) is 18.3 Å². The van der Waals surface area contributed by atoms with Crippen LogP contribution in [0.25, 0.3) is 0 Å². The predicted octanol–water partition coefficient (Wildman–Crippen LogP) is 1.96. The van der Waals surface area contributed by atoms with Crippen molar-refractivity contribution in [3.05, 3.63) is 12.2 Å². The molecule has 3 aliphatic carbocycles. The molecule has 0 aromatic heterocycles. The monoisotopic (exact) mass is 263 g/mol. The summed E-state index contributed by atoms with van der Waals surface area (Å²) in [7, 11) is 0. The molecule has 0 unspecified atom stereocenters. The molecule has 2 N–H and O–H groups in total. The second-order valence-corrected chi connectivity index (χ2v) is 6.38. The molecule has 104 valence electrons. The number of allylic oxidation sites excluding steroid dienone is 1. The molecule has 4 atom stereocenters. The van der Waals surface area contributed by atoms with E-state index in [2.05, 4.69) is 11.9 Å². The fraction of sp³-hybridized carbons (Fsp3) is 0.733. The van der Waals surface area contributed by atoms with Gasteiger partial charge in [0, 0.05) is 12.0 Å². The van der Waals surface area contributed by atoms with Crippen molar-refractivity contribution in [3.63, 3.8) is 0 Å². The molecular formula is C15H21NO3. The molecule has 3 fully saturated rings. The molecule has 3 aliphatic rings. The number of carboxylic acids is 1. The molecule has 4 heteroatoms. The van der Waals surface area contributed by atoms with Crippen LogP contribution in [0.15, 0.2) is 12.2 Å². The topological polar surface area (TPSA) is 66.4 Å². The van der Waals surface area contributed by atoms with Crippen molar-refractivity contribution in [1.29, 1.82) is 0 Å². The average molecular weight is 263 g/mol. The molecule has 0 bridgehead atoms. The van der Waals surface area contributed by atoms with Crippen LogP contribution in [0.2, 0.25) is 0 Å². The largest absolute Gasteiger partial charge is 0.481 e. The van der Waals surface area contributed by atoms with E-state index in [1.165, 1.54) is 5.57 Å². The summed E-state index contributed by atoms with van der Waals surface area (Å²) >= 11 is 0. The smallest absolute Gasteiger partial charge is 0.306 e. The van der Waals surface area contributed by atoms with Gasteiger partial charge in [0.1, 0.15) is 0 Å². The molecule has 1 amide bonds. The van der Waals surface area contributed by atoms with Crippen LogP contribution in [0.1, 0.15) is 38.5 Å². The third-order valence-corrected chi connectivity index (χ3v) is 5.14. The number of rotatable bonds is 3. The van der Waals surface area contributed by atoms with Crippen molar-refractivity contribution in [2.45, 2.75) is 44.6 Å². The third-order valence-electron chi connectivity index (χ3n) is 5.14. The van der Waals surface area contributed by atoms with Crippen LogP contribution >= 0.6 is 0 Å². The summed E-state index contributed by atoms with van der Waals surface area (Å²) < 4.78 is 0. The lowest BCUT2D eigenvalue weighted by molar-refractivity contribution is -0.142. The first-order chi connectivity index (χ1) is 9.06. The van der Waals surface area contributed by atoms with Crippen molar-refractivity contribution in [1.82, 2.24) is 5.32 Å². The number of hydrogen-bond donors (Lipinski definition) is 2. The maximum atomic E-state index is 12.2. The zero-order valence-corrected chi connectivity index (χ0v) is 11.1. The van der Waals surface area contributed by atoms with Crippen LogP contribution in [0.5, 0.6) is 0 Å². The lowest BCUT2D eigenvalue weighted by atomic mass is 9.86. The summed E-state index contributed by atoms with van der Waals surface area (Å²) in [5, 5.41) is 12.2. The van der Waals surface area contributed by atoms with E-state index in [1.54, 1.807) is 0 Å². The van der Waals surface area contributed by atoms with E-state index in [-0.39, 0.29) is 23.8 Å². The Morgan fingerprint density at radius 3 is 2.42 bits per heavy atom. The van der Waals surface area contributed by atoms with Gasteiger partial charge in [0.05, 0.1) is 5.92 Å². The highest BCUT2D eigenvalue weighted by Crippen LogP contribution is 2.55. The number of aliphatic carboxylic acids is 1. The summed E-state index contributed by atoms with van der Waals surface area (Å²) in [5.41, 5.74) is 1.25. The number of nitrogens with one attached hydrogen (secondary N) is 1. The average Bonchev–Trinajstić information content (AvgIpc) is 3.08. The highest BCUT2D eigenvalue weighted by Gasteiger charge is 2.57. The second-order valence-electron chi connectivity index (χ2n) is 6.38. The Hall–Kier alpha value is -1.32. The van der Waals surface area contributed by atoms with Crippen molar-refractivity contribution >= 4 is 11.9 Å². The molecule has 0 heterocycles. The van der Waals surface area contributed by atoms with Gasteiger partial charge in [0.25, 0.3) is 0 Å². The van der Waals surface area contributed by atoms with Gasteiger partial charge < -0.3 is 10.4 Å². The van der Waals surface area contributed by atoms with E-state index >= 15 is 0 Å². The van der Waals surface area contributed by atoms with Crippen LogP contribution in [-0.4, -0.2) is 23.0 Å². The van der Waals surface area contributed by atoms with Crippen LogP contribution in [0.4, 0.5) is 0 Å². The molecule has 4 nitrogen and oxygen atoms in total. The van der Waals surface area contributed by atoms with Gasteiger partial charge in [-0.05, 0) is 50.4 Å². The fourth-order valence-electron chi connectivity index (χ4n) is 3.82. The summed E-state index contributed by atoms with van der Waals surface area (Å²) in [5.74, 6) is 0.0398. The Balaban J connectivity index is 1.53. The minimum atomic E-state index is -0.696. The molecule has 0 spiro atoms. The first-order valence-electron chi connectivity index (χ1n) is 7.26. The normalized spacial score (nSPS) is 37.8. The standard InChI is InChI=1S/C15H21NO3/c1-8-2-4-9(5-3-8)14(17)16-13-7-12(15(18)19)10-6-11(10)13/h9-13H,1-7H2,(H,16,17)(H,18,19)/t10-,11+,12-,13+/m1/s1. The van der Waals surface area contributed by atoms with Gasteiger partial charge in [0.15, 0.2) is 0 Å². The van der Waals surface area contributed by atoms with Crippen molar-refractivity contribution in [2.24, 2.45) is 23.7 Å². The number of hydrogen-bond acceptors (Lipinski definition) is 2. The predicted molar refractivity (Wildman–Crippen MR) is 70.4 cm³/mol. The molecule has 0 radical (unpaired) electrons. The molecular weight excluding hydrogens is 242 g/mol. The first kappa shape index (κ1) is 12.7. The molecule has 0 aromatic rings. The quantitative estimate of drug-likeness (QED) is 0.765. The highest BCUT2D eigenvalue weighted by molar-refractivity contribution is 5.80. The number of carboxylic acid groups (broad SMARTS) is 1. The Morgan fingerprint density at radius 2 is 1.84 bits per heavy atom. The Morgan fingerprint density at radius 1 is 1.16 bits per heavy atom. The van der Waals surface area contributed by atoms with Crippen molar-refractivity contribution in [2.75, 3.05) is 0 Å². The Kier molecular flexibility index (Phi) is 3.11. The van der Waals surface area contributed by atoms with Gasteiger partial charge >= 0.3 is 5.97 Å². The van der Waals surface area contributed by atoms with E-state index in [1.807, 2.05) is 0 Å². The zero-order valence-electron chi connectivity index (χ0n) is 11.1. The Bertz CT molecular complexity index is 421. The fourth-order valence-corrected chi connectivity index (χ4v) is 3.82. The van der Waals surface area contributed by atoms with Gasteiger partial charge in [-0.25, -0.2) is 0 Å². The lowest BCUT2D eigenvalue weighted by Crippen LogP contribution is -2.40. The van der Waals surface area contributed by atoms with Crippen LogP contribution in [0.3, 0.4) is 0 Å². The van der Waals surface area contributed by atoms with Crippen LogP contribution in [-0.2, 0) is 9.59 Å². The number of amides is 1. The van der Waals surface area contributed by atoms with Gasteiger partial charge in [-0.2, -0.15) is 0 Å². The first-order valence-corrected chi connectivity index (χ1v) is 7.26. The summed E-state index contributed by atoms with van der Waals surface area (Å²) in [6, 6.07) is 0.101. The maximum absolute atomic E-state index is 12.2. The maximum Gasteiger partial charge on any atom is 0.306 e. The van der Waals surface area contributed by atoms with Crippen molar-refractivity contribution < 1.29 is 14.7 Å². The summed E-state index contributed by atoms with van der Waals surface area (Å²) in [6.45, 7) is 3.96. The third kappa shape index (κ3) is 2.40. The number of carbonyl (C=O) groups excluding carboxylic acids is 1. The van der Waals surface area contributed by atoms with Gasteiger partial charge in [-0.3, -0.25) is 9.59 Å². The highest BCUT2D eigenvalue weighted by atomic mass is 16.4. The van der Waals surface area contributed by atoms with Crippen LogP contribution in [0, 0.1) is 23.7 Å². The van der Waals surface area contributed by atoms with Gasteiger partial charge in [0.2, 0.25) is 5.91 Å². The summed E-state index contributed by atoms with van der Waals surface area (Å²) in [6.07, 6.45) is 5.29. The second kappa shape index (κ2) is 4.66. The molecule has 3 saturated carbocycles. The van der Waals surface area contributed by atoms with Crippen molar-refractivity contribution in [3.8, 4) is 0 Å². The lowest BCUT2D eigenvalue weighted by Gasteiger charge is -2.25. The number of carbonyl (C=O) groups is 2. The molecule has 3 rings (SSSR count). The molecule has 19 heavy (non-hydrogen) atoms. The Labute approximate surface area is 113 Å². The van der Waals surface area contributed by atoms with E-state index < -0.39 is 5.97 Å². The SMILES string of the molecule is C=C1CCC(C(=O)N[C@H]2C[C@@H](C(=O)O)[C@@H]3C[C@@H]32)CC1. The molecule has 0 saturated heterocycles. The summed E-state index contributed by atoms with van der Waals surface area (Å²) in [4.78, 5) is 23.3. The minimum absolute atomic E-state index is 0.101. The minimum Gasteiger partial charge on any atom is -0.481 e. The van der Waals surface area contributed by atoms with E-state index in [4.69, 9.17) is 5.11 Å². The van der Waals surface area contributed by atoms with Gasteiger partial charge in [-0.1, -0.05) is 12.2 Å². The molecule has 0 aliphatic heterocycles. The van der Waals surface area contributed by atoms with E-state index in [0.717, 1.165) is 32.1 Å². The van der Waals surface area contributed by atoms with E-state index in [9.17, 15) is 9.59 Å².